The van der Waals surface area contributed by atoms with Crippen molar-refractivity contribution in [3.63, 3.8) is 0 Å². The Morgan fingerprint density at radius 1 is 1.26 bits per heavy atom. The number of hydrogen-bond acceptors (Lipinski definition) is 6. The van der Waals surface area contributed by atoms with Crippen LogP contribution in [0, 0.1) is 24.5 Å². The number of hydrogen-bond donors (Lipinski definition) is 1. The monoisotopic (exact) mass is 400 g/mol. The summed E-state index contributed by atoms with van der Waals surface area (Å²) in [5.74, 6) is -1.77. The number of rotatable bonds is 5. The van der Waals surface area contributed by atoms with Crippen LogP contribution in [0.5, 0.6) is 0 Å². The lowest BCUT2D eigenvalue weighted by molar-refractivity contribution is -0.126. The van der Waals surface area contributed by atoms with Gasteiger partial charge in [-0.25, -0.2) is 17.2 Å². The summed E-state index contributed by atoms with van der Waals surface area (Å²) in [5, 5.41) is 6.30. The summed E-state index contributed by atoms with van der Waals surface area (Å²) in [5.41, 5.74) is 0. The maximum Gasteiger partial charge on any atom is 0.246 e. The van der Waals surface area contributed by atoms with Gasteiger partial charge in [0.25, 0.3) is 0 Å². The average molecular weight is 400 g/mol. The van der Waals surface area contributed by atoms with Gasteiger partial charge in [-0.15, -0.1) is 0 Å². The maximum absolute atomic E-state index is 13.3. The Kier molecular flexibility index (Phi) is 5.51. The lowest BCUT2D eigenvalue weighted by Crippen LogP contribution is -2.42. The van der Waals surface area contributed by atoms with Crippen LogP contribution in [-0.2, 0) is 21.4 Å². The molecule has 1 N–H and O–H groups in total. The van der Waals surface area contributed by atoms with Crippen molar-refractivity contribution in [2.75, 3.05) is 13.1 Å². The van der Waals surface area contributed by atoms with Crippen LogP contribution in [-0.4, -0.2) is 41.9 Å². The van der Waals surface area contributed by atoms with E-state index in [0.717, 1.165) is 16.4 Å². The highest BCUT2D eigenvalue weighted by atomic mass is 32.2. The number of nitrogens with zero attached hydrogens (tertiary/aromatic N) is 3. The molecule has 0 radical (unpaired) electrons. The molecule has 11 heteroatoms. The molecular formula is C16H18F2N4O4S. The molecule has 1 aromatic heterocycles. The number of carbonyl (C=O) groups excluding carboxylic acids is 1. The maximum atomic E-state index is 13.3. The Balaban J connectivity index is 1.58. The van der Waals surface area contributed by atoms with Crippen molar-refractivity contribution in [3.8, 4) is 0 Å². The SMILES string of the molecule is Cc1noc(CNC(=O)C2CCN(S(=O)(=O)c3cc(F)cc(F)c3)CC2)n1. The summed E-state index contributed by atoms with van der Waals surface area (Å²) in [6.45, 7) is 1.92. The second kappa shape index (κ2) is 7.69. The second-order valence-electron chi connectivity index (χ2n) is 6.24. The molecule has 1 saturated heterocycles. The van der Waals surface area contributed by atoms with Gasteiger partial charge < -0.3 is 9.84 Å². The van der Waals surface area contributed by atoms with Crippen molar-refractivity contribution in [2.24, 2.45) is 5.92 Å². The normalized spacial score (nSPS) is 16.4. The van der Waals surface area contributed by atoms with Crippen molar-refractivity contribution in [3.05, 3.63) is 41.5 Å². The van der Waals surface area contributed by atoms with Gasteiger partial charge in [-0.3, -0.25) is 4.79 Å². The number of piperidine rings is 1. The molecule has 0 bridgehead atoms. The van der Waals surface area contributed by atoms with E-state index < -0.39 is 26.6 Å². The highest BCUT2D eigenvalue weighted by Gasteiger charge is 2.32. The first kappa shape index (κ1) is 19.4. The first-order chi connectivity index (χ1) is 12.8. The minimum atomic E-state index is -4.02. The van der Waals surface area contributed by atoms with E-state index in [1.165, 1.54) is 0 Å². The second-order valence-corrected chi connectivity index (χ2v) is 8.17. The molecule has 0 atom stereocenters. The zero-order valence-electron chi connectivity index (χ0n) is 14.5. The fourth-order valence-corrected chi connectivity index (χ4v) is 4.42. The molecule has 2 aromatic rings. The fourth-order valence-electron chi connectivity index (χ4n) is 2.90. The van der Waals surface area contributed by atoms with Crippen LogP contribution < -0.4 is 5.32 Å². The molecule has 1 amide bonds. The number of carbonyl (C=O) groups is 1. The van der Waals surface area contributed by atoms with Gasteiger partial charge in [0.1, 0.15) is 11.6 Å². The van der Waals surface area contributed by atoms with Gasteiger partial charge in [-0.05, 0) is 31.9 Å². The highest BCUT2D eigenvalue weighted by Crippen LogP contribution is 2.25. The average Bonchev–Trinajstić information content (AvgIpc) is 3.04. The Labute approximate surface area is 154 Å². The van der Waals surface area contributed by atoms with E-state index in [2.05, 4.69) is 15.5 Å². The number of aromatic nitrogens is 2. The zero-order valence-corrected chi connectivity index (χ0v) is 15.3. The van der Waals surface area contributed by atoms with Crippen molar-refractivity contribution in [1.82, 2.24) is 19.8 Å². The third-order valence-electron chi connectivity index (χ3n) is 4.28. The van der Waals surface area contributed by atoms with E-state index in [9.17, 15) is 22.0 Å². The third kappa shape index (κ3) is 4.48. The molecule has 1 aromatic carbocycles. The van der Waals surface area contributed by atoms with E-state index in [4.69, 9.17) is 4.52 Å². The molecule has 0 saturated carbocycles. The molecule has 27 heavy (non-hydrogen) atoms. The largest absolute Gasteiger partial charge is 0.347 e. The molecule has 1 aliphatic heterocycles. The van der Waals surface area contributed by atoms with Crippen molar-refractivity contribution >= 4 is 15.9 Å². The van der Waals surface area contributed by atoms with Gasteiger partial charge in [-0.1, -0.05) is 5.16 Å². The first-order valence-corrected chi connectivity index (χ1v) is 9.73. The Hall–Kier alpha value is -2.40. The number of aryl methyl sites for hydroxylation is 1. The molecule has 3 rings (SSSR count). The summed E-state index contributed by atoms with van der Waals surface area (Å²) in [6, 6.07) is 2.17. The van der Waals surface area contributed by atoms with Crippen LogP contribution in [0.3, 0.4) is 0 Å². The Morgan fingerprint density at radius 3 is 2.44 bits per heavy atom. The van der Waals surface area contributed by atoms with Crippen molar-refractivity contribution in [2.45, 2.75) is 31.2 Å². The molecule has 8 nitrogen and oxygen atoms in total. The molecule has 0 unspecified atom stereocenters. The summed E-state index contributed by atoms with van der Waals surface area (Å²) < 4.78 is 57.8. The summed E-state index contributed by atoms with van der Waals surface area (Å²) >= 11 is 0. The topological polar surface area (TPSA) is 105 Å². The quantitative estimate of drug-likeness (QED) is 0.813. The molecule has 0 aliphatic carbocycles. The van der Waals surface area contributed by atoms with Crippen molar-refractivity contribution < 1.29 is 26.5 Å². The summed E-state index contributed by atoms with van der Waals surface area (Å²) in [6.07, 6.45) is 0.595. The van der Waals surface area contributed by atoms with Crippen LogP contribution in [0.4, 0.5) is 8.78 Å². The third-order valence-corrected chi connectivity index (χ3v) is 6.16. The summed E-state index contributed by atoms with van der Waals surface area (Å²) in [4.78, 5) is 15.8. The molecular weight excluding hydrogens is 382 g/mol. The minimum Gasteiger partial charge on any atom is -0.347 e. The molecule has 1 fully saturated rings. The van der Waals surface area contributed by atoms with Crippen molar-refractivity contribution in [1.29, 1.82) is 0 Å². The smallest absolute Gasteiger partial charge is 0.246 e. The number of benzene rings is 1. The standard InChI is InChI=1S/C16H18F2N4O4S/c1-10-20-15(26-21-10)9-19-16(23)11-2-4-22(5-3-11)27(24,25)14-7-12(17)6-13(18)8-14/h6-8,11H,2-5,9H2,1H3,(H,19,23). The van der Waals surface area contributed by atoms with E-state index in [1.807, 2.05) is 0 Å². The number of sulfonamides is 1. The predicted octanol–water partition coefficient (Wildman–Crippen LogP) is 1.37. The Morgan fingerprint density at radius 2 is 1.89 bits per heavy atom. The van der Waals surface area contributed by atoms with Crippen LogP contribution in [0.25, 0.3) is 0 Å². The molecule has 0 spiro atoms. The van der Waals surface area contributed by atoms with Crippen LogP contribution in [0.1, 0.15) is 24.6 Å². The fraction of sp³-hybridized carbons (Fsp3) is 0.438. The molecule has 2 heterocycles. The van der Waals surface area contributed by atoms with Gasteiger partial charge >= 0.3 is 0 Å². The van der Waals surface area contributed by atoms with Gasteiger partial charge in [0.2, 0.25) is 21.8 Å². The van der Waals surface area contributed by atoms with Crippen LogP contribution >= 0.6 is 0 Å². The van der Waals surface area contributed by atoms with Gasteiger partial charge in [0, 0.05) is 25.1 Å². The number of nitrogens with one attached hydrogen (secondary N) is 1. The summed E-state index contributed by atoms with van der Waals surface area (Å²) in [7, 11) is -4.02. The van der Waals surface area contributed by atoms with E-state index in [1.54, 1.807) is 6.92 Å². The van der Waals surface area contributed by atoms with Gasteiger partial charge in [-0.2, -0.15) is 9.29 Å². The lowest BCUT2D eigenvalue weighted by Gasteiger charge is -2.30. The van der Waals surface area contributed by atoms with E-state index in [0.29, 0.717) is 24.7 Å². The van der Waals surface area contributed by atoms with Crippen LogP contribution in [0.15, 0.2) is 27.6 Å². The van der Waals surface area contributed by atoms with E-state index >= 15 is 0 Å². The number of halogens is 2. The van der Waals surface area contributed by atoms with E-state index in [-0.39, 0.29) is 37.4 Å². The zero-order chi connectivity index (χ0) is 19.6. The highest BCUT2D eigenvalue weighted by molar-refractivity contribution is 7.89. The predicted molar refractivity (Wildman–Crippen MR) is 88.7 cm³/mol. The van der Waals surface area contributed by atoms with Gasteiger partial charge in [0.05, 0.1) is 11.4 Å². The Bertz CT molecular complexity index is 919. The first-order valence-electron chi connectivity index (χ1n) is 8.29. The number of amides is 1. The minimum absolute atomic E-state index is 0.0816. The van der Waals surface area contributed by atoms with Crippen LogP contribution in [0.2, 0.25) is 0 Å². The molecule has 146 valence electrons. The van der Waals surface area contributed by atoms with Gasteiger partial charge in [0.15, 0.2) is 5.82 Å². The molecule has 1 aliphatic rings. The lowest BCUT2D eigenvalue weighted by atomic mass is 9.97.